The van der Waals surface area contributed by atoms with Gasteiger partial charge in [0.1, 0.15) is 23.2 Å². The van der Waals surface area contributed by atoms with Crippen molar-refractivity contribution in [3.05, 3.63) is 53.4 Å². The number of anilines is 3. The van der Waals surface area contributed by atoms with Gasteiger partial charge in [-0.15, -0.1) is 0 Å². The van der Waals surface area contributed by atoms with Crippen LogP contribution in [0.1, 0.15) is 5.56 Å². The third-order valence-corrected chi connectivity index (χ3v) is 5.32. The second-order valence-electron chi connectivity index (χ2n) is 6.95. The zero-order valence-electron chi connectivity index (χ0n) is 15.7. The summed E-state index contributed by atoms with van der Waals surface area (Å²) in [5.41, 5.74) is 4.02. The Hall–Kier alpha value is -3.39. The van der Waals surface area contributed by atoms with Crippen molar-refractivity contribution in [3.8, 4) is 0 Å². The summed E-state index contributed by atoms with van der Waals surface area (Å²) in [6, 6.07) is 9.55. The van der Waals surface area contributed by atoms with Gasteiger partial charge in [0.2, 0.25) is 5.91 Å². The molecule has 146 valence electrons. The summed E-state index contributed by atoms with van der Waals surface area (Å²) in [5, 5.41) is 6.81. The van der Waals surface area contributed by atoms with Gasteiger partial charge in [0, 0.05) is 13.1 Å². The molecule has 0 atom stereocenters. The molecule has 0 bridgehead atoms. The van der Waals surface area contributed by atoms with Gasteiger partial charge in [0.15, 0.2) is 11.5 Å². The number of pyridine rings is 1. The molecule has 29 heavy (non-hydrogen) atoms. The molecule has 2 N–H and O–H groups in total. The standard InChI is InChI=1S/C20H18ClN7O/c1-12-3-2-4-13(21)18(12)26-19-15-9-22-11-28(15)20-14(24-19)5-6-16(25-20)27-8-7-23-17(29)10-27/h2-6,9,11H,7-8,10H2,1H3,(H,23,29)(H,24,26). The summed E-state index contributed by atoms with van der Waals surface area (Å²) >= 11 is 6.38. The van der Waals surface area contributed by atoms with Gasteiger partial charge >= 0.3 is 0 Å². The fourth-order valence-electron chi connectivity index (χ4n) is 3.52. The summed E-state index contributed by atoms with van der Waals surface area (Å²) in [5.74, 6) is 1.39. The highest BCUT2D eigenvalue weighted by atomic mass is 35.5. The van der Waals surface area contributed by atoms with E-state index in [1.54, 1.807) is 12.5 Å². The number of rotatable bonds is 3. The SMILES string of the molecule is Cc1cccc(Cl)c1Nc1nc2ccc(N3CCNC(=O)C3)nc2n2cncc12. The summed E-state index contributed by atoms with van der Waals surface area (Å²) in [6.07, 6.45) is 3.45. The van der Waals surface area contributed by atoms with Crippen LogP contribution < -0.4 is 15.5 Å². The van der Waals surface area contributed by atoms with Gasteiger partial charge in [0.05, 0.1) is 23.5 Å². The lowest BCUT2D eigenvalue weighted by Crippen LogP contribution is -2.48. The molecule has 1 aliphatic heterocycles. The van der Waals surface area contributed by atoms with Crippen LogP contribution in [0.15, 0.2) is 42.9 Å². The molecule has 5 rings (SSSR count). The number of carbonyl (C=O) groups is 1. The molecule has 1 amide bonds. The molecule has 3 aromatic heterocycles. The number of para-hydroxylation sites is 1. The van der Waals surface area contributed by atoms with E-state index in [2.05, 4.69) is 15.6 Å². The zero-order chi connectivity index (χ0) is 20.0. The predicted molar refractivity (Wildman–Crippen MR) is 113 cm³/mol. The minimum atomic E-state index is -0.00120. The molecule has 1 aliphatic rings. The zero-order valence-corrected chi connectivity index (χ0v) is 16.4. The number of benzene rings is 1. The summed E-state index contributed by atoms with van der Waals surface area (Å²) in [4.78, 5) is 27.5. The number of hydrogen-bond donors (Lipinski definition) is 2. The third-order valence-electron chi connectivity index (χ3n) is 5.01. The van der Waals surface area contributed by atoms with Gasteiger partial charge in [-0.2, -0.15) is 0 Å². The molecule has 8 nitrogen and oxygen atoms in total. The smallest absolute Gasteiger partial charge is 0.239 e. The van der Waals surface area contributed by atoms with Gasteiger partial charge in [-0.25, -0.2) is 15.0 Å². The molecular formula is C20H18ClN7O. The van der Waals surface area contributed by atoms with Crippen LogP contribution in [0.2, 0.25) is 5.02 Å². The molecule has 1 aromatic carbocycles. The molecule has 0 spiro atoms. The minimum Gasteiger partial charge on any atom is -0.353 e. The number of fused-ring (bicyclic) bond motifs is 3. The molecule has 1 fully saturated rings. The van der Waals surface area contributed by atoms with Gasteiger partial charge in [-0.1, -0.05) is 23.7 Å². The maximum Gasteiger partial charge on any atom is 0.239 e. The van der Waals surface area contributed by atoms with Crippen molar-refractivity contribution in [3.63, 3.8) is 0 Å². The van der Waals surface area contributed by atoms with Crippen molar-refractivity contribution < 1.29 is 4.79 Å². The number of aromatic nitrogens is 4. The predicted octanol–water partition coefficient (Wildman–Crippen LogP) is 2.92. The molecule has 0 saturated carbocycles. The number of piperazine rings is 1. The van der Waals surface area contributed by atoms with E-state index >= 15 is 0 Å². The Bertz CT molecular complexity index is 1230. The maximum atomic E-state index is 11.7. The van der Waals surface area contributed by atoms with E-state index in [1.807, 2.05) is 46.6 Å². The highest BCUT2D eigenvalue weighted by Crippen LogP contribution is 2.31. The average Bonchev–Trinajstić information content (AvgIpc) is 3.21. The first kappa shape index (κ1) is 17.7. The summed E-state index contributed by atoms with van der Waals surface area (Å²) in [7, 11) is 0. The Kier molecular flexibility index (Phi) is 4.21. The van der Waals surface area contributed by atoms with Crippen LogP contribution in [0.3, 0.4) is 0 Å². The monoisotopic (exact) mass is 407 g/mol. The molecule has 0 radical (unpaired) electrons. The van der Waals surface area contributed by atoms with Crippen LogP contribution in [-0.2, 0) is 4.79 Å². The van der Waals surface area contributed by atoms with Crippen LogP contribution in [0.25, 0.3) is 16.7 Å². The molecule has 4 heterocycles. The van der Waals surface area contributed by atoms with E-state index in [1.165, 1.54) is 0 Å². The Morgan fingerprint density at radius 2 is 2.10 bits per heavy atom. The number of nitrogens with zero attached hydrogens (tertiary/aromatic N) is 5. The lowest BCUT2D eigenvalue weighted by atomic mass is 10.2. The van der Waals surface area contributed by atoms with E-state index in [0.717, 1.165) is 29.1 Å². The highest BCUT2D eigenvalue weighted by Gasteiger charge is 2.19. The lowest BCUT2D eigenvalue weighted by Gasteiger charge is -2.27. The Morgan fingerprint density at radius 1 is 1.21 bits per heavy atom. The number of aryl methyl sites for hydroxylation is 1. The first-order valence-corrected chi connectivity index (χ1v) is 9.64. The molecule has 9 heteroatoms. The molecule has 0 unspecified atom stereocenters. The quantitative estimate of drug-likeness (QED) is 0.543. The van der Waals surface area contributed by atoms with E-state index < -0.39 is 0 Å². The fraction of sp³-hybridized carbons (Fsp3) is 0.200. The first-order valence-electron chi connectivity index (χ1n) is 9.27. The fourth-order valence-corrected chi connectivity index (χ4v) is 3.79. The van der Waals surface area contributed by atoms with Gasteiger partial charge in [0.25, 0.3) is 0 Å². The average molecular weight is 408 g/mol. The Labute approximate surface area is 171 Å². The number of imidazole rings is 1. The minimum absolute atomic E-state index is 0.00120. The van der Waals surface area contributed by atoms with Crippen LogP contribution >= 0.6 is 11.6 Å². The van der Waals surface area contributed by atoms with Crippen molar-refractivity contribution >= 4 is 51.5 Å². The summed E-state index contributed by atoms with van der Waals surface area (Å²) in [6.45, 7) is 3.61. The summed E-state index contributed by atoms with van der Waals surface area (Å²) < 4.78 is 1.89. The van der Waals surface area contributed by atoms with Crippen LogP contribution in [0.5, 0.6) is 0 Å². The largest absolute Gasteiger partial charge is 0.353 e. The highest BCUT2D eigenvalue weighted by molar-refractivity contribution is 6.33. The van der Waals surface area contributed by atoms with Crippen molar-refractivity contribution in [1.82, 2.24) is 24.7 Å². The van der Waals surface area contributed by atoms with Crippen molar-refractivity contribution in [1.29, 1.82) is 0 Å². The van der Waals surface area contributed by atoms with Gasteiger partial charge in [-0.05, 0) is 30.7 Å². The van der Waals surface area contributed by atoms with Gasteiger partial charge in [-0.3, -0.25) is 9.20 Å². The number of halogens is 1. The Balaban J connectivity index is 1.61. The first-order chi connectivity index (χ1) is 14.1. The second kappa shape index (κ2) is 6.89. The molecular weight excluding hydrogens is 390 g/mol. The second-order valence-corrected chi connectivity index (χ2v) is 7.36. The maximum absolute atomic E-state index is 11.7. The number of amides is 1. The van der Waals surface area contributed by atoms with Crippen LogP contribution in [0.4, 0.5) is 17.3 Å². The molecule has 1 saturated heterocycles. The number of carbonyl (C=O) groups excluding carboxylic acids is 1. The molecule has 0 aliphatic carbocycles. The topological polar surface area (TPSA) is 87.5 Å². The van der Waals surface area contributed by atoms with Crippen molar-refractivity contribution in [2.24, 2.45) is 0 Å². The number of nitrogens with one attached hydrogen (secondary N) is 2. The van der Waals surface area contributed by atoms with E-state index in [9.17, 15) is 4.79 Å². The van der Waals surface area contributed by atoms with Gasteiger partial charge < -0.3 is 15.5 Å². The molecule has 4 aromatic rings. The van der Waals surface area contributed by atoms with Crippen LogP contribution in [0, 0.1) is 6.92 Å². The lowest BCUT2D eigenvalue weighted by molar-refractivity contribution is -0.120. The van der Waals surface area contributed by atoms with Crippen LogP contribution in [-0.4, -0.2) is 44.9 Å². The number of hydrogen-bond acceptors (Lipinski definition) is 6. The van der Waals surface area contributed by atoms with E-state index in [0.29, 0.717) is 35.1 Å². The normalized spacial score (nSPS) is 14.4. The van der Waals surface area contributed by atoms with E-state index in [4.69, 9.17) is 21.6 Å². The van der Waals surface area contributed by atoms with E-state index in [-0.39, 0.29) is 5.91 Å². The Morgan fingerprint density at radius 3 is 2.93 bits per heavy atom. The van der Waals surface area contributed by atoms with Crippen molar-refractivity contribution in [2.45, 2.75) is 6.92 Å². The van der Waals surface area contributed by atoms with Crippen molar-refractivity contribution in [2.75, 3.05) is 29.9 Å². The third kappa shape index (κ3) is 3.11.